The fourth-order valence-corrected chi connectivity index (χ4v) is 2.98. The minimum absolute atomic E-state index is 0.0144. The number of rotatable bonds is 8. The van der Waals surface area contributed by atoms with Crippen LogP contribution in [0.1, 0.15) is 53.5 Å². The van der Waals surface area contributed by atoms with Crippen molar-refractivity contribution in [1.82, 2.24) is 14.7 Å². The zero-order valence-electron chi connectivity index (χ0n) is 16.0. The molecule has 0 bridgehead atoms. The molecular formula is C20H27N3O3. The molecule has 1 heterocycles. The lowest BCUT2D eigenvalue weighted by molar-refractivity contribution is -0.136. The number of aryl methyl sites for hydroxylation is 1. The van der Waals surface area contributed by atoms with Gasteiger partial charge in [-0.1, -0.05) is 13.3 Å². The van der Waals surface area contributed by atoms with E-state index in [1.165, 1.54) is 0 Å². The molecule has 0 saturated carbocycles. The SMILES string of the molecule is CCCCN(C)C(=O)c1ccc(-n2nc(C)c(CCC(=O)O)c2C)cc1. The zero-order valence-corrected chi connectivity index (χ0v) is 16.0. The molecule has 1 aromatic carbocycles. The van der Waals surface area contributed by atoms with Crippen LogP contribution in [0.5, 0.6) is 0 Å². The number of nitrogens with zero attached hydrogens (tertiary/aromatic N) is 3. The molecule has 0 fully saturated rings. The van der Waals surface area contributed by atoms with Crippen molar-refractivity contribution in [1.29, 1.82) is 0 Å². The van der Waals surface area contributed by atoms with Crippen molar-refractivity contribution in [3.05, 3.63) is 46.8 Å². The van der Waals surface area contributed by atoms with Gasteiger partial charge >= 0.3 is 5.97 Å². The highest BCUT2D eigenvalue weighted by Crippen LogP contribution is 2.20. The van der Waals surface area contributed by atoms with Gasteiger partial charge < -0.3 is 10.0 Å². The summed E-state index contributed by atoms with van der Waals surface area (Å²) in [6, 6.07) is 7.38. The van der Waals surface area contributed by atoms with Crippen molar-refractivity contribution in [2.24, 2.45) is 0 Å². The summed E-state index contributed by atoms with van der Waals surface area (Å²) in [5.74, 6) is -0.799. The van der Waals surface area contributed by atoms with Crippen LogP contribution in [0.2, 0.25) is 0 Å². The van der Waals surface area contributed by atoms with Gasteiger partial charge in [-0.15, -0.1) is 0 Å². The highest BCUT2D eigenvalue weighted by molar-refractivity contribution is 5.94. The summed E-state index contributed by atoms with van der Waals surface area (Å²) in [5.41, 5.74) is 4.25. The van der Waals surface area contributed by atoms with Crippen LogP contribution in [0.25, 0.3) is 5.69 Å². The van der Waals surface area contributed by atoms with E-state index in [1.807, 2.05) is 49.8 Å². The number of hydrogen-bond donors (Lipinski definition) is 1. The first-order valence-electron chi connectivity index (χ1n) is 8.98. The number of aromatic nitrogens is 2. The summed E-state index contributed by atoms with van der Waals surface area (Å²) in [6.45, 7) is 6.68. The largest absolute Gasteiger partial charge is 0.481 e. The average molecular weight is 357 g/mol. The molecule has 0 unspecified atom stereocenters. The summed E-state index contributed by atoms with van der Waals surface area (Å²) in [4.78, 5) is 25.0. The van der Waals surface area contributed by atoms with Crippen LogP contribution < -0.4 is 0 Å². The number of aliphatic carboxylic acids is 1. The van der Waals surface area contributed by atoms with E-state index in [2.05, 4.69) is 12.0 Å². The van der Waals surface area contributed by atoms with Gasteiger partial charge in [0, 0.05) is 31.3 Å². The Bertz CT molecular complexity index is 778. The van der Waals surface area contributed by atoms with Gasteiger partial charge in [0.2, 0.25) is 0 Å². The monoisotopic (exact) mass is 357 g/mol. The molecule has 0 aliphatic carbocycles. The third-order valence-corrected chi connectivity index (χ3v) is 4.58. The second kappa shape index (κ2) is 8.65. The highest BCUT2D eigenvalue weighted by atomic mass is 16.4. The molecule has 0 spiro atoms. The number of benzene rings is 1. The molecule has 6 nitrogen and oxygen atoms in total. The predicted molar refractivity (Wildman–Crippen MR) is 101 cm³/mol. The van der Waals surface area contributed by atoms with Crippen molar-refractivity contribution in [2.45, 2.75) is 46.5 Å². The van der Waals surface area contributed by atoms with Crippen LogP contribution in [0.3, 0.4) is 0 Å². The van der Waals surface area contributed by atoms with Crippen LogP contribution in [0, 0.1) is 13.8 Å². The number of hydrogen-bond acceptors (Lipinski definition) is 3. The number of carboxylic acid groups (broad SMARTS) is 1. The van der Waals surface area contributed by atoms with Crippen molar-refractivity contribution in [2.75, 3.05) is 13.6 Å². The van der Waals surface area contributed by atoms with Crippen LogP contribution >= 0.6 is 0 Å². The van der Waals surface area contributed by atoms with Gasteiger partial charge in [0.25, 0.3) is 5.91 Å². The Balaban J connectivity index is 2.19. The maximum Gasteiger partial charge on any atom is 0.303 e. The Morgan fingerprint density at radius 1 is 1.19 bits per heavy atom. The van der Waals surface area contributed by atoms with E-state index < -0.39 is 5.97 Å². The summed E-state index contributed by atoms with van der Waals surface area (Å²) in [7, 11) is 1.82. The topological polar surface area (TPSA) is 75.4 Å². The van der Waals surface area contributed by atoms with E-state index in [1.54, 1.807) is 4.90 Å². The first-order chi connectivity index (χ1) is 12.3. The molecule has 1 N–H and O–H groups in total. The van der Waals surface area contributed by atoms with Crippen molar-refractivity contribution in [3.8, 4) is 5.69 Å². The molecule has 2 aromatic rings. The van der Waals surface area contributed by atoms with Crippen LogP contribution in [0.15, 0.2) is 24.3 Å². The standard InChI is InChI=1S/C20H27N3O3/c1-5-6-13-22(4)20(26)16-7-9-17(10-8-16)23-15(3)18(14(2)21-23)11-12-19(24)25/h7-10H,5-6,11-13H2,1-4H3,(H,24,25). The average Bonchev–Trinajstić information content (AvgIpc) is 2.91. The lowest BCUT2D eigenvalue weighted by atomic mass is 10.1. The quantitative estimate of drug-likeness (QED) is 0.786. The van der Waals surface area contributed by atoms with Crippen molar-refractivity contribution in [3.63, 3.8) is 0 Å². The van der Waals surface area contributed by atoms with E-state index in [0.717, 1.165) is 42.0 Å². The number of carboxylic acids is 1. The first-order valence-corrected chi connectivity index (χ1v) is 8.98. The van der Waals surface area contributed by atoms with Crippen molar-refractivity contribution >= 4 is 11.9 Å². The van der Waals surface area contributed by atoms with Crippen molar-refractivity contribution < 1.29 is 14.7 Å². The summed E-state index contributed by atoms with van der Waals surface area (Å²) < 4.78 is 1.81. The Morgan fingerprint density at radius 3 is 2.42 bits per heavy atom. The Labute approximate surface area is 154 Å². The maximum absolute atomic E-state index is 12.4. The van der Waals surface area contributed by atoms with E-state index in [4.69, 9.17) is 5.11 Å². The van der Waals surface area contributed by atoms with Gasteiger partial charge in [-0.2, -0.15) is 5.10 Å². The minimum Gasteiger partial charge on any atom is -0.481 e. The van der Waals surface area contributed by atoms with E-state index in [-0.39, 0.29) is 12.3 Å². The lowest BCUT2D eigenvalue weighted by Gasteiger charge is -2.17. The Kier molecular flexibility index (Phi) is 6.55. The lowest BCUT2D eigenvalue weighted by Crippen LogP contribution is -2.27. The molecule has 1 amide bonds. The Hall–Kier alpha value is -2.63. The minimum atomic E-state index is -0.813. The predicted octanol–water partition coefficient (Wildman–Crippen LogP) is 3.38. The molecule has 6 heteroatoms. The number of carbonyl (C=O) groups is 2. The molecule has 0 aliphatic heterocycles. The van der Waals surface area contributed by atoms with Crippen LogP contribution in [-0.2, 0) is 11.2 Å². The molecule has 0 saturated heterocycles. The second-order valence-electron chi connectivity index (χ2n) is 6.58. The first kappa shape index (κ1) is 19.7. The van der Waals surface area contributed by atoms with Gasteiger partial charge in [0.1, 0.15) is 0 Å². The maximum atomic E-state index is 12.4. The Morgan fingerprint density at radius 2 is 1.85 bits per heavy atom. The molecule has 0 aliphatic rings. The van der Waals surface area contributed by atoms with Gasteiger partial charge in [-0.25, -0.2) is 4.68 Å². The summed E-state index contributed by atoms with van der Waals surface area (Å²) in [5, 5.41) is 13.4. The van der Waals surface area contributed by atoms with Gasteiger partial charge in [0.15, 0.2) is 0 Å². The second-order valence-corrected chi connectivity index (χ2v) is 6.58. The molecular weight excluding hydrogens is 330 g/mol. The summed E-state index contributed by atoms with van der Waals surface area (Å²) >= 11 is 0. The normalized spacial score (nSPS) is 10.8. The van der Waals surface area contributed by atoms with E-state index >= 15 is 0 Å². The third kappa shape index (κ3) is 4.50. The number of amides is 1. The molecule has 26 heavy (non-hydrogen) atoms. The van der Waals surface area contributed by atoms with Crippen LogP contribution in [-0.4, -0.2) is 45.3 Å². The van der Waals surface area contributed by atoms with Crippen LogP contribution in [0.4, 0.5) is 0 Å². The molecule has 1 aromatic heterocycles. The highest BCUT2D eigenvalue weighted by Gasteiger charge is 2.15. The van der Waals surface area contributed by atoms with E-state index in [0.29, 0.717) is 12.0 Å². The van der Waals surface area contributed by atoms with Gasteiger partial charge in [-0.05, 0) is 56.5 Å². The third-order valence-electron chi connectivity index (χ3n) is 4.58. The molecule has 2 rings (SSSR count). The van der Waals surface area contributed by atoms with Gasteiger partial charge in [0.05, 0.1) is 11.4 Å². The zero-order chi connectivity index (χ0) is 19.3. The summed E-state index contributed by atoms with van der Waals surface area (Å²) in [6.07, 6.45) is 2.60. The fraction of sp³-hybridized carbons (Fsp3) is 0.450. The molecule has 0 radical (unpaired) electrons. The number of carbonyl (C=O) groups excluding carboxylic acids is 1. The van der Waals surface area contributed by atoms with Gasteiger partial charge in [-0.3, -0.25) is 9.59 Å². The molecule has 0 atom stereocenters. The molecule has 140 valence electrons. The number of unbranched alkanes of at least 4 members (excludes halogenated alkanes) is 1. The van der Waals surface area contributed by atoms with E-state index in [9.17, 15) is 9.59 Å². The fourth-order valence-electron chi connectivity index (χ4n) is 2.98. The smallest absolute Gasteiger partial charge is 0.303 e.